The predicted molar refractivity (Wildman–Crippen MR) is 74.2 cm³/mol. The average Bonchev–Trinajstić information content (AvgIpc) is 2.33. The molecule has 3 aliphatic rings. The van der Waals surface area contributed by atoms with E-state index in [2.05, 4.69) is 20.4 Å². The van der Waals surface area contributed by atoms with Gasteiger partial charge >= 0.3 is 0 Å². The molecule has 3 saturated carbocycles. The first-order valence-electron chi connectivity index (χ1n) is 7.73. The second-order valence-corrected chi connectivity index (χ2v) is 7.51. The summed E-state index contributed by atoms with van der Waals surface area (Å²) in [7, 11) is 0. The molecule has 0 heterocycles. The van der Waals surface area contributed by atoms with Crippen LogP contribution < -0.4 is 0 Å². The lowest BCUT2D eigenvalue weighted by atomic mass is 9.51. The molecule has 0 spiro atoms. The number of Topliss-reactive ketones (excluding diaryl/α,β-unsaturated/α-hetero) is 1. The quantitative estimate of drug-likeness (QED) is 0.580. The molecule has 0 amide bonds. The summed E-state index contributed by atoms with van der Waals surface area (Å²) in [4.78, 5) is 12.3. The minimum Gasteiger partial charge on any atom is -0.294 e. The van der Waals surface area contributed by atoms with E-state index in [1.807, 2.05) is 0 Å². The number of hydrogen-bond acceptors (Lipinski definition) is 1. The molecule has 0 saturated heterocycles. The Morgan fingerprint density at radius 2 is 1.89 bits per heavy atom. The number of fused-ring (bicyclic) bond motifs is 3. The Balaban J connectivity index is 1.86. The smallest absolute Gasteiger partial charge is 0.161 e. The highest BCUT2D eigenvalue weighted by molar-refractivity contribution is 5.97. The highest BCUT2D eigenvalue weighted by Gasteiger charge is 2.50. The molecule has 0 bridgehead atoms. The number of allylic oxidation sites excluding steroid dienone is 1. The van der Waals surface area contributed by atoms with Gasteiger partial charge in [0.15, 0.2) is 5.78 Å². The number of carbonyl (C=O) groups excluding carboxylic acids is 1. The van der Waals surface area contributed by atoms with Crippen LogP contribution in [-0.2, 0) is 4.79 Å². The van der Waals surface area contributed by atoms with Crippen LogP contribution in [0.25, 0.3) is 0 Å². The molecule has 3 aliphatic carbocycles. The van der Waals surface area contributed by atoms with Crippen LogP contribution in [0.3, 0.4) is 0 Å². The Labute approximate surface area is 111 Å². The van der Waals surface area contributed by atoms with E-state index in [1.54, 1.807) is 0 Å². The van der Waals surface area contributed by atoms with Gasteiger partial charge in [0.25, 0.3) is 0 Å². The highest BCUT2D eigenvalue weighted by Crippen LogP contribution is 2.56. The Morgan fingerprint density at radius 1 is 1.11 bits per heavy atom. The van der Waals surface area contributed by atoms with Crippen LogP contribution in [0.15, 0.2) is 12.2 Å². The van der Waals surface area contributed by atoms with E-state index in [9.17, 15) is 4.79 Å². The van der Waals surface area contributed by atoms with E-state index >= 15 is 0 Å². The van der Waals surface area contributed by atoms with E-state index in [0.29, 0.717) is 23.0 Å². The first-order valence-corrected chi connectivity index (χ1v) is 7.73. The van der Waals surface area contributed by atoms with Crippen LogP contribution in [0.1, 0.15) is 58.8 Å². The van der Waals surface area contributed by atoms with Gasteiger partial charge in [-0.3, -0.25) is 4.79 Å². The maximum Gasteiger partial charge on any atom is 0.161 e. The number of hydrogen-bond donors (Lipinski definition) is 0. The van der Waals surface area contributed by atoms with Crippen LogP contribution in [0, 0.1) is 29.1 Å². The molecule has 1 heteroatoms. The molecule has 0 aliphatic heterocycles. The third kappa shape index (κ3) is 1.78. The van der Waals surface area contributed by atoms with E-state index in [1.165, 1.54) is 32.1 Å². The standard InChI is InChI=1S/C17H26O/c1-11-6-7-12-13-5-4-10-17(2,3)15(13)9-8-14(12)16(11)18/h12-15H,1,4-10H2,2-3H3. The zero-order valence-electron chi connectivity index (χ0n) is 11.9. The van der Waals surface area contributed by atoms with Gasteiger partial charge in [0.2, 0.25) is 0 Å². The molecule has 100 valence electrons. The summed E-state index contributed by atoms with van der Waals surface area (Å²) >= 11 is 0. The van der Waals surface area contributed by atoms with Crippen molar-refractivity contribution in [2.24, 2.45) is 29.1 Å². The molecular formula is C17H26O. The fraction of sp³-hybridized carbons (Fsp3) is 0.824. The monoisotopic (exact) mass is 246 g/mol. The summed E-state index contributed by atoms with van der Waals surface area (Å²) in [5, 5.41) is 0. The van der Waals surface area contributed by atoms with Crippen molar-refractivity contribution in [1.29, 1.82) is 0 Å². The fourth-order valence-electron chi connectivity index (χ4n) is 5.22. The van der Waals surface area contributed by atoms with Crippen molar-refractivity contribution in [1.82, 2.24) is 0 Å². The van der Waals surface area contributed by atoms with E-state index in [0.717, 1.165) is 30.3 Å². The van der Waals surface area contributed by atoms with Gasteiger partial charge in [-0.05, 0) is 67.3 Å². The van der Waals surface area contributed by atoms with Gasteiger partial charge in [0, 0.05) is 5.92 Å². The molecule has 3 fully saturated rings. The maximum atomic E-state index is 12.3. The van der Waals surface area contributed by atoms with Crippen molar-refractivity contribution in [2.75, 3.05) is 0 Å². The van der Waals surface area contributed by atoms with Crippen LogP contribution in [0.4, 0.5) is 0 Å². The van der Waals surface area contributed by atoms with Gasteiger partial charge in [0.05, 0.1) is 0 Å². The molecule has 0 aromatic heterocycles. The molecule has 0 N–H and O–H groups in total. The minimum atomic E-state index is 0.335. The first kappa shape index (κ1) is 12.4. The summed E-state index contributed by atoms with van der Waals surface area (Å²) < 4.78 is 0. The van der Waals surface area contributed by atoms with Gasteiger partial charge < -0.3 is 0 Å². The van der Waals surface area contributed by atoms with Gasteiger partial charge in [-0.25, -0.2) is 0 Å². The third-order valence-corrected chi connectivity index (χ3v) is 6.20. The van der Waals surface area contributed by atoms with E-state index < -0.39 is 0 Å². The molecule has 0 aromatic carbocycles. The van der Waals surface area contributed by atoms with Gasteiger partial charge in [0.1, 0.15) is 0 Å². The molecule has 1 nitrogen and oxygen atoms in total. The second-order valence-electron chi connectivity index (χ2n) is 7.51. The molecule has 3 rings (SSSR count). The van der Waals surface area contributed by atoms with Crippen LogP contribution in [0.2, 0.25) is 0 Å². The normalized spacial score (nSPS) is 43.2. The molecule has 0 aromatic rings. The number of carbonyl (C=O) groups is 1. The van der Waals surface area contributed by atoms with Gasteiger partial charge in [-0.2, -0.15) is 0 Å². The number of rotatable bonds is 0. The first-order chi connectivity index (χ1) is 8.50. The summed E-state index contributed by atoms with van der Waals surface area (Å²) in [5.41, 5.74) is 1.41. The number of ketones is 1. The lowest BCUT2D eigenvalue weighted by Crippen LogP contribution is -2.47. The van der Waals surface area contributed by atoms with Crippen LogP contribution in [0.5, 0.6) is 0 Å². The SMILES string of the molecule is C=C1CCC2C(CCC3C2CCCC3(C)C)C1=O. The summed E-state index contributed by atoms with van der Waals surface area (Å²) in [5.74, 6) is 3.12. The summed E-state index contributed by atoms with van der Waals surface area (Å²) in [6.07, 6.45) is 8.72. The second kappa shape index (κ2) is 4.21. The summed E-state index contributed by atoms with van der Waals surface area (Å²) in [6.45, 7) is 8.87. The van der Waals surface area contributed by atoms with Crippen molar-refractivity contribution in [3.05, 3.63) is 12.2 Å². The van der Waals surface area contributed by atoms with Gasteiger partial charge in [-0.15, -0.1) is 0 Å². The lowest BCUT2D eigenvalue weighted by Gasteiger charge is -2.53. The highest BCUT2D eigenvalue weighted by atomic mass is 16.1. The van der Waals surface area contributed by atoms with Crippen molar-refractivity contribution in [3.63, 3.8) is 0 Å². The largest absolute Gasteiger partial charge is 0.294 e. The Kier molecular flexibility index (Phi) is 2.91. The van der Waals surface area contributed by atoms with E-state index in [-0.39, 0.29) is 0 Å². The van der Waals surface area contributed by atoms with Crippen molar-refractivity contribution in [2.45, 2.75) is 58.8 Å². The van der Waals surface area contributed by atoms with Crippen molar-refractivity contribution in [3.8, 4) is 0 Å². The van der Waals surface area contributed by atoms with Gasteiger partial charge in [-0.1, -0.05) is 26.8 Å². The predicted octanol–water partition coefficient (Wildman–Crippen LogP) is 4.37. The van der Waals surface area contributed by atoms with Crippen LogP contribution >= 0.6 is 0 Å². The Hall–Kier alpha value is -0.590. The fourth-order valence-corrected chi connectivity index (χ4v) is 5.22. The van der Waals surface area contributed by atoms with E-state index in [4.69, 9.17) is 0 Å². The summed E-state index contributed by atoms with van der Waals surface area (Å²) in [6, 6.07) is 0. The third-order valence-electron chi connectivity index (χ3n) is 6.20. The average molecular weight is 246 g/mol. The molecular weight excluding hydrogens is 220 g/mol. The van der Waals surface area contributed by atoms with Crippen molar-refractivity contribution >= 4 is 5.78 Å². The molecule has 0 radical (unpaired) electrons. The molecule has 18 heavy (non-hydrogen) atoms. The lowest BCUT2D eigenvalue weighted by molar-refractivity contribution is -0.129. The maximum absolute atomic E-state index is 12.3. The van der Waals surface area contributed by atoms with Crippen molar-refractivity contribution < 1.29 is 4.79 Å². The Morgan fingerprint density at radius 3 is 2.67 bits per heavy atom. The Bertz CT molecular complexity index is 379. The minimum absolute atomic E-state index is 0.335. The zero-order valence-corrected chi connectivity index (χ0v) is 11.9. The topological polar surface area (TPSA) is 17.1 Å². The van der Waals surface area contributed by atoms with Crippen LogP contribution in [-0.4, -0.2) is 5.78 Å². The molecule has 4 unspecified atom stereocenters. The molecule has 4 atom stereocenters. The zero-order chi connectivity index (χ0) is 12.9.